The number of allylic oxidation sites excluding steroid dienone is 8. The fourth-order valence-electron chi connectivity index (χ4n) is 8.14. The van der Waals surface area contributed by atoms with Crippen molar-refractivity contribution in [2.45, 2.75) is 106 Å². The van der Waals surface area contributed by atoms with Crippen LogP contribution in [0, 0.1) is 5.92 Å². The predicted octanol–water partition coefficient (Wildman–Crippen LogP) is 20.1. The normalized spacial score (nSPS) is 12.3. The van der Waals surface area contributed by atoms with Gasteiger partial charge in [0.1, 0.15) is 0 Å². The van der Waals surface area contributed by atoms with Crippen LogP contribution in [-0.2, 0) is 0 Å². The zero-order chi connectivity index (χ0) is 48.0. The van der Waals surface area contributed by atoms with Crippen LogP contribution in [0.5, 0.6) is 0 Å². The quantitative estimate of drug-likeness (QED) is 0.136. The molecular weight excluding hydrogens is 805 g/mol. The lowest BCUT2D eigenvalue weighted by molar-refractivity contribution is 0.793. The lowest BCUT2D eigenvalue weighted by Crippen LogP contribution is -1.94. The van der Waals surface area contributed by atoms with Gasteiger partial charge in [-0.3, -0.25) is 0 Å². The average molecular weight is 881 g/mol. The molecule has 0 bridgehead atoms. The second-order valence-corrected chi connectivity index (χ2v) is 19.0. The van der Waals surface area contributed by atoms with Crippen LogP contribution in [0.1, 0.15) is 134 Å². The molecule has 0 aromatic heterocycles. The lowest BCUT2D eigenvalue weighted by Gasteiger charge is -2.13. The summed E-state index contributed by atoms with van der Waals surface area (Å²) < 4.78 is 0. The Labute approximate surface area is 406 Å². The molecule has 9 rings (SSSR count). The number of rotatable bonds is 9. The molecule has 0 saturated heterocycles. The summed E-state index contributed by atoms with van der Waals surface area (Å²) in [4.78, 5) is 0. The molecule has 344 valence electrons. The Morgan fingerprint density at radius 3 is 1.15 bits per heavy atom. The van der Waals surface area contributed by atoms with E-state index < -0.39 is 0 Å². The van der Waals surface area contributed by atoms with Crippen molar-refractivity contribution in [2.75, 3.05) is 0 Å². The second-order valence-electron chi connectivity index (χ2n) is 19.0. The van der Waals surface area contributed by atoms with Crippen molar-refractivity contribution < 1.29 is 0 Å². The highest BCUT2D eigenvalue weighted by Gasteiger charge is 2.11. The molecule has 0 aliphatic heterocycles. The van der Waals surface area contributed by atoms with Crippen molar-refractivity contribution in [3.05, 3.63) is 258 Å². The van der Waals surface area contributed by atoms with Gasteiger partial charge < -0.3 is 0 Å². The van der Waals surface area contributed by atoms with Gasteiger partial charge in [-0.25, -0.2) is 0 Å². The summed E-state index contributed by atoms with van der Waals surface area (Å²) >= 11 is 0. The van der Waals surface area contributed by atoms with E-state index in [4.69, 9.17) is 0 Å². The molecule has 0 unspecified atom stereocenters. The Kier molecular flexibility index (Phi) is 20.9. The number of hydrogen-bond acceptors (Lipinski definition) is 0. The van der Waals surface area contributed by atoms with Gasteiger partial charge in [0, 0.05) is 0 Å². The molecule has 67 heavy (non-hydrogen) atoms. The van der Waals surface area contributed by atoms with E-state index in [2.05, 4.69) is 294 Å². The minimum Gasteiger partial charge on any atom is -0.0805 e. The molecule has 0 saturated carbocycles. The predicted molar refractivity (Wildman–Crippen MR) is 297 cm³/mol. The number of hydrogen-bond donors (Lipinski definition) is 0. The Balaban J connectivity index is 0.000000159. The first-order chi connectivity index (χ1) is 32.4. The van der Waals surface area contributed by atoms with E-state index >= 15 is 0 Å². The van der Waals surface area contributed by atoms with E-state index in [1.807, 2.05) is 0 Å². The van der Waals surface area contributed by atoms with Gasteiger partial charge in [0.15, 0.2) is 0 Å². The molecule has 0 fully saturated rings. The largest absolute Gasteiger partial charge is 0.0805 e. The van der Waals surface area contributed by atoms with Gasteiger partial charge in [-0.1, -0.05) is 294 Å². The first-order valence-electron chi connectivity index (χ1n) is 24.7. The van der Waals surface area contributed by atoms with E-state index in [0.717, 1.165) is 12.8 Å². The summed E-state index contributed by atoms with van der Waals surface area (Å²) in [7, 11) is 0. The van der Waals surface area contributed by atoms with Crippen LogP contribution in [-0.4, -0.2) is 0 Å². The molecule has 0 spiro atoms. The van der Waals surface area contributed by atoms with Gasteiger partial charge in [0.25, 0.3) is 0 Å². The van der Waals surface area contributed by atoms with Crippen molar-refractivity contribution in [1.82, 2.24) is 0 Å². The first-order valence-corrected chi connectivity index (χ1v) is 24.7. The third kappa shape index (κ3) is 16.4. The Morgan fingerprint density at radius 1 is 0.343 bits per heavy atom. The summed E-state index contributed by atoms with van der Waals surface area (Å²) in [6.07, 6.45) is 15.5. The van der Waals surface area contributed by atoms with Crippen LogP contribution in [0.2, 0.25) is 0 Å². The summed E-state index contributed by atoms with van der Waals surface area (Å²) in [6.45, 7) is 22.3. The fraction of sp³-hybridized carbons (Fsp3) is 0.254. The van der Waals surface area contributed by atoms with Gasteiger partial charge in [-0.05, 0) is 115 Å². The standard InChI is InChI=1S/3C15H16.C14H16.C8H12/c1-12(2)14-10-6-7-11-15(14)13-8-4-3-5-9-13;2*1-12(2)14-9-6-10-15(11-14)13-7-4-3-5-8-13;1-11(2)13-9-5-6-10-14(13)12-7-3-4-8-12;1-7(2)8-5-3-4-6-8/h3*3-12H,1-2H3;3-7,9-11H,8H2,1-2H3;3,5-7H,4H2,1-2H3. The van der Waals surface area contributed by atoms with Crippen molar-refractivity contribution in [3.63, 3.8) is 0 Å². The number of benzene rings is 7. The minimum atomic E-state index is 0.571. The van der Waals surface area contributed by atoms with E-state index in [1.165, 1.54) is 72.3 Å². The summed E-state index contributed by atoms with van der Waals surface area (Å²) in [5.41, 5.74) is 17.9. The Hall–Kier alpha value is -6.50. The lowest BCUT2D eigenvalue weighted by atomic mass is 9.92. The molecule has 0 heteroatoms. The zero-order valence-corrected chi connectivity index (χ0v) is 42.2. The van der Waals surface area contributed by atoms with Crippen LogP contribution in [0.25, 0.3) is 39.0 Å². The molecule has 0 amide bonds. The van der Waals surface area contributed by atoms with E-state index in [0.29, 0.717) is 29.6 Å². The van der Waals surface area contributed by atoms with E-state index in [1.54, 1.807) is 0 Å². The van der Waals surface area contributed by atoms with Crippen LogP contribution in [0.15, 0.2) is 230 Å². The smallest absolute Gasteiger partial charge is 0.00883 e. The van der Waals surface area contributed by atoms with Crippen LogP contribution < -0.4 is 0 Å². The summed E-state index contributed by atoms with van der Waals surface area (Å²) in [5.74, 6) is 3.07. The van der Waals surface area contributed by atoms with Crippen molar-refractivity contribution >= 4 is 5.57 Å². The van der Waals surface area contributed by atoms with Gasteiger partial charge >= 0.3 is 0 Å². The maximum absolute atomic E-state index is 2.28. The minimum absolute atomic E-state index is 0.571. The Bertz CT molecular complexity index is 2540. The fourth-order valence-corrected chi connectivity index (χ4v) is 8.14. The van der Waals surface area contributed by atoms with E-state index in [-0.39, 0.29) is 0 Å². The Morgan fingerprint density at radius 2 is 0.761 bits per heavy atom. The second kappa shape index (κ2) is 27.2. The summed E-state index contributed by atoms with van der Waals surface area (Å²) in [5, 5.41) is 0. The van der Waals surface area contributed by atoms with Crippen molar-refractivity contribution in [2.24, 2.45) is 5.92 Å². The highest BCUT2D eigenvalue weighted by Crippen LogP contribution is 2.31. The molecule has 0 N–H and O–H groups in total. The molecule has 2 aliphatic carbocycles. The van der Waals surface area contributed by atoms with Crippen molar-refractivity contribution in [3.8, 4) is 33.4 Å². The van der Waals surface area contributed by atoms with Crippen LogP contribution in [0.4, 0.5) is 0 Å². The molecule has 0 radical (unpaired) electrons. The molecule has 0 heterocycles. The van der Waals surface area contributed by atoms with E-state index in [9.17, 15) is 0 Å². The topological polar surface area (TPSA) is 0 Å². The molecule has 2 aliphatic rings. The SMILES string of the molecule is CC(C)C1=CCC=C1.CC(C)c1cccc(-c2ccccc2)c1.CC(C)c1cccc(-c2ccccc2)c1.CC(C)c1ccccc1-c1ccccc1.CC(C)c1ccccc1C1=CC=CC1. The molecule has 0 atom stereocenters. The van der Waals surface area contributed by atoms with Gasteiger partial charge in [0.2, 0.25) is 0 Å². The van der Waals surface area contributed by atoms with Crippen LogP contribution >= 0.6 is 0 Å². The van der Waals surface area contributed by atoms with Gasteiger partial charge in [-0.15, -0.1) is 0 Å². The molecule has 7 aromatic carbocycles. The molecular formula is C67H76. The average Bonchev–Trinajstić information content (AvgIpc) is 4.13. The van der Waals surface area contributed by atoms with Crippen molar-refractivity contribution in [1.29, 1.82) is 0 Å². The summed E-state index contributed by atoms with van der Waals surface area (Å²) in [6, 6.07) is 66.5. The molecule has 0 nitrogen and oxygen atoms in total. The maximum atomic E-state index is 2.28. The highest BCUT2D eigenvalue weighted by atomic mass is 14.2. The van der Waals surface area contributed by atoms with Crippen LogP contribution in [0.3, 0.4) is 0 Å². The molecule has 7 aromatic rings. The maximum Gasteiger partial charge on any atom is -0.00883 e. The third-order valence-corrected chi connectivity index (χ3v) is 12.2. The van der Waals surface area contributed by atoms with Gasteiger partial charge in [-0.2, -0.15) is 0 Å². The highest BCUT2D eigenvalue weighted by molar-refractivity contribution is 5.73. The monoisotopic (exact) mass is 881 g/mol. The van der Waals surface area contributed by atoms with Gasteiger partial charge in [0.05, 0.1) is 0 Å². The zero-order valence-electron chi connectivity index (χ0n) is 42.2. The first kappa shape index (κ1) is 51.5. The third-order valence-electron chi connectivity index (χ3n) is 12.2.